The molecule has 25 heavy (non-hydrogen) atoms. The summed E-state index contributed by atoms with van der Waals surface area (Å²) >= 11 is 1.36. The van der Waals surface area contributed by atoms with Crippen LogP contribution in [0.1, 0.15) is 10.5 Å². The highest BCUT2D eigenvalue weighted by molar-refractivity contribution is 7.13. The molecule has 3 rings (SSSR count). The molecular weight excluding hydrogens is 346 g/mol. The van der Waals surface area contributed by atoms with E-state index >= 15 is 0 Å². The molecule has 0 saturated carbocycles. The number of amides is 2. The van der Waals surface area contributed by atoms with Crippen molar-refractivity contribution >= 4 is 28.3 Å². The number of rotatable bonds is 4. The van der Waals surface area contributed by atoms with Gasteiger partial charge in [-0.05, 0) is 6.07 Å². The number of hydrogen-bond acceptors (Lipinski definition) is 7. The highest BCUT2D eigenvalue weighted by Crippen LogP contribution is 2.21. The van der Waals surface area contributed by atoms with E-state index in [1.54, 1.807) is 17.5 Å². The first kappa shape index (κ1) is 17.1. The molecule has 3 heterocycles. The van der Waals surface area contributed by atoms with Crippen molar-refractivity contribution in [2.75, 3.05) is 31.2 Å². The van der Waals surface area contributed by atoms with Gasteiger partial charge < -0.3 is 14.2 Å². The maximum Gasteiger partial charge on any atom is 0.289 e. The summed E-state index contributed by atoms with van der Waals surface area (Å²) in [4.78, 5) is 41.8. The molecule has 0 unspecified atom stereocenters. The Labute approximate surface area is 147 Å². The number of hydrogen-bond donors (Lipinski definition) is 2. The van der Waals surface area contributed by atoms with Gasteiger partial charge in [-0.3, -0.25) is 25.2 Å². The third-order valence-corrected chi connectivity index (χ3v) is 4.44. The molecule has 2 aromatic rings. The van der Waals surface area contributed by atoms with Gasteiger partial charge in [-0.25, -0.2) is 4.98 Å². The van der Waals surface area contributed by atoms with Crippen LogP contribution >= 0.6 is 11.3 Å². The molecule has 132 valence electrons. The second-order valence-electron chi connectivity index (χ2n) is 5.28. The fraction of sp³-hybridized carbons (Fsp3) is 0.333. The Morgan fingerprint density at radius 2 is 2.04 bits per heavy atom. The van der Waals surface area contributed by atoms with Gasteiger partial charge in [0.05, 0.1) is 13.2 Å². The van der Waals surface area contributed by atoms with E-state index in [0.717, 1.165) is 18.2 Å². The van der Waals surface area contributed by atoms with Gasteiger partial charge in [0.2, 0.25) is 0 Å². The van der Waals surface area contributed by atoms with Crippen molar-refractivity contribution in [3.63, 3.8) is 0 Å². The number of nitrogens with one attached hydrogen (secondary N) is 2. The minimum atomic E-state index is -0.510. The molecule has 0 atom stereocenters. The van der Waals surface area contributed by atoms with Gasteiger partial charge in [0.1, 0.15) is 12.2 Å². The SMILES string of the molecule is O=C(Cn1ccccc1=O)NNC(=O)c1csc(N2CCOCC2)n1. The Hall–Kier alpha value is -2.72. The highest BCUT2D eigenvalue weighted by Gasteiger charge is 2.17. The Morgan fingerprint density at radius 3 is 2.80 bits per heavy atom. The van der Waals surface area contributed by atoms with Crippen molar-refractivity contribution in [3.8, 4) is 0 Å². The lowest BCUT2D eigenvalue weighted by molar-refractivity contribution is -0.122. The van der Waals surface area contributed by atoms with Crippen molar-refractivity contribution < 1.29 is 14.3 Å². The summed E-state index contributed by atoms with van der Waals surface area (Å²) in [5.74, 6) is -1.02. The van der Waals surface area contributed by atoms with Gasteiger partial charge in [-0.1, -0.05) is 6.07 Å². The van der Waals surface area contributed by atoms with Gasteiger partial charge in [-0.15, -0.1) is 11.3 Å². The van der Waals surface area contributed by atoms with E-state index in [4.69, 9.17) is 4.74 Å². The minimum Gasteiger partial charge on any atom is -0.378 e. The molecule has 1 aliphatic rings. The summed E-state index contributed by atoms with van der Waals surface area (Å²) in [6.45, 7) is 2.55. The van der Waals surface area contributed by atoms with E-state index in [-0.39, 0.29) is 17.8 Å². The topological polar surface area (TPSA) is 106 Å². The average Bonchev–Trinajstić information content (AvgIpc) is 3.13. The molecule has 0 radical (unpaired) electrons. The maximum absolute atomic E-state index is 12.1. The van der Waals surface area contributed by atoms with E-state index in [1.165, 1.54) is 28.2 Å². The standard InChI is InChI=1S/C15H17N5O4S/c21-12(9-20-4-2-1-3-13(20)22)17-18-14(23)11-10-25-15(16-11)19-5-7-24-8-6-19/h1-4,10H,5-9H2,(H,17,21)(H,18,23). The smallest absolute Gasteiger partial charge is 0.289 e. The molecule has 1 fully saturated rings. The molecule has 10 heteroatoms. The molecule has 1 aliphatic heterocycles. The lowest BCUT2D eigenvalue weighted by Gasteiger charge is -2.25. The number of anilines is 1. The molecule has 0 aliphatic carbocycles. The largest absolute Gasteiger partial charge is 0.378 e. The third kappa shape index (κ3) is 4.43. The van der Waals surface area contributed by atoms with Crippen LogP contribution in [0.2, 0.25) is 0 Å². The molecule has 0 aromatic carbocycles. The number of hydrazine groups is 1. The number of carbonyl (C=O) groups excluding carboxylic acids is 2. The predicted molar refractivity (Wildman–Crippen MR) is 91.5 cm³/mol. The van der Waals surface area contributed by atoms with E-state index in [1.807, 2.05) is 4.90 Å². The molecule has 1 saturated heterocycles. The zero-order valence-corrected chi connectivity index (χ0v) is 14.1. The number of carbonyl (C=O) groups is 2. The van der Waals surface area contributed by atoms with Crippen LogP contribution in [0.15, 0.2) is 34.6 Å². The summed E-state index contributed by atoms with van der Waals surface area (Å²) in [7, 11) is 0. The molecule has 2 amide bonds. The normalized spacial score (nSPS) is 14.2. The Balaban J connectivity index is 1.52. The van der Waals surface area contributed by atoms with Gasteiger partial charge >= 0.3 is 0 Å². The summed E-state index contributed by atoms with van der Waals surface area (Å²) in [5.41, 5.74) is 4.51. The van der Waals surface area contributed by atoms with Crippen LogP contribution in [0.5, 0.6) is 0 Å². The zero-order chi connectivity index (χ0) is 17.6. The van der Waals surface area contributed by atoms with Crippen molar-refractivity contribution in [2.45, 2.75) is 6.54 Å². The highest BCUT2D eigenvalue weighted by atomic mass is 32.1. The minimum absolute atomic E-state index is 0.184. The average molecular weight is 363 g/mol. The number of aromatic nitrogens is 2. The number of pyridine rings is 1. The zero-order valence-electron chi connectivity index (χ0n) is 13.3. The summed E-state index contributed by atoms with van der Waals surface area (Å²) in [6.07, 6.45) is 1.50. The second-order valence-corrected chi connectivity index (χ2v) is 6.12. The first-order chi connectivity index (χ1) is 12.1. The van der Waals surface area contributed by atoms with Crippen LogP contribution in [0.25, 0.3) is 0 Å². The number of morpholine rings is 1. The van der Waals surface area contributed by atoms with Crippen LogP contribution in [0.3, 0.4) is 0 Å². The monoisotopic (exact) mass is 363 g/mol. The Bertz CT molecular complexity index is 812. The Morgan fingerprint density at radius 1 is 1.24 bits per heavy atom. The predicted octanol–water partition coefficient (Wildman–Crippen LogP) is -0.397. The Kier molecular flexibility index (Phi) is 5.41. The van der Waals surface area contributed by atoms with Crippen LogP contribution in [0.4, 0.5) is 5.13 Å². The maximum atomic E-state index is 12.1. The quantitative estimate of drug-likeness (QED) is 0.717. The third-order valence-electron chi connectivity index (χ3n) is 3.53. The van der Waals surface area contributed by atoms with Crippen LogP contribution in [-0.2, 0) is 16.1 Å². The van der Waals surface area contributed by atoms with Gasteiger partial charge in [-0.2, -0.15) is 0 Å². The van der Waals surface area contributed by atoms with E-state index < -0.39 is 11.8 Å². The molecule has 9 nitrogen and oxygen atoms in total. The van der Waals surface area contributed by atoms with Crippen LogP contribution in [-0.4, -0.2) is 47.7 Å². The van der Waals surface area contributed by atoms with Crippen molar-refractivity contribution in [1.29, 1.82) is 0 Å². The van der Waals surface area contributed by atoms with Crippen LogP contribution in [0, 0.1) is 0 Å². The van der Waals surface area contributed by atoms with Crippen molar-refractivity contribution in [1.82, 2.24) is 20.4 Å². The van der Waals surface area contributed by atoms with Gasteiger partial charge in [0, 0.05) is 30.7 Å². The molecule has 0 bridgehead atoms. The molecule has 0 spiro atoms. The van der Waals surface area contributed by atoms with E-state index in [9.17, 15) is 14.4 Å². The summed E-state index contributed by atoms with van der Waals surface area (Å²) in [5, 5.41) is 2.38. The number of thiazole rings is 1. The van der Waals surface area contributed by atoms with Gasteiger partial charge in [0.25, 0.3) is 17.4 Å². The molecular formula is C15H17N5O4S. The van der Waals surface area contributed by atoms with Crippen molar-refractivity contribution in [3.05, 3.63) is 45.8 Å². The van der Waals surface area contributed by atoms with Crippen LogP contribution < -0.4 is 21.3 Å². The first-order valence-electron chi connectivity index (χ1n) is 7.66. The number of ether oxygens (including phenoxy) is 1. The summed E-state index contributed by atoms with van der Waals surface area (Å²) < 4.78 is 6.52. The number of nitrogens with zero attached hydrogens (tertiary/aromatic N) is 3. The van der Waals surface area contributed by atoms with Crippen molar-refractivity contribution in [2.24, 2.45) is 0 Å². The van der Waals surface area contributed by atoms with E-state index in [2.05, 4.69) is 15.8 Å². The lowest BCUT2D eigenvalue weighted by Crippen LogP contribution is -2.44. The fourth-order valence-electron chi connectivity index (χ4n) is 2.24. The molecule has 2 N–H and O–H groups in total. The van der Waals surface area contributed by atoms with Gasteiger partial charge in [0.15, 0.2) is 5.13 Å². The summed E-state index contributed by atoms with van der Waals surface area (Å²) in [6, 6.07) is 4.59. The molecule has 2 aromatic heterocycles. The second kappa shape index (κ2) is 7.90. The first-order valence-corrected chi connectivity index (χ1v) is 8.54. The lowest BCUT2D eigenvalue weighted by atomic mass is 10.4. The fourth-order valence-corrected chi connectivity index (χ4v) is 3.10. The van der Waals surface area contributed by atoms with E-state index in [0.29, 0.717) is 13.2 Å².